The molecule has 4 nitrogen and oxygen atoms in total. The van der Waals surface area contributed by atoms with Gasteiger partial charge in [0.25, 0.3) is 0 Å². The number of hydrogen-bond acceptors (Lipinski definition) is 4. The maximum Gasteiger partial charge on any atom is 0.341 e. The molecule has 0 atom stereocenters. The number of benzene rings is 1. The van der Waals surface area contributed by atoms with Gasteiger partial charge in [-0.05, 0) is 25.0 Å². The van der Waals surface area contributed by atoms with E-state index in [9.17, 15) is 9.90 Å². The van der Waals surface area contributed by atoms with E-state index in [4.69, 9.17) is 22.1 Å². The summed E-state index contributed by atoms with van der Waals surface area (Å²) in [5.74, 6) is -0.167. The molecule has 0 spiro atoms. The summed E-state index contributed by atoms with van der Waals surface area (Å²) in [7, 11) is 0. The Morgan fingerprint density at radius 3 is 2.81 bits per heavy atom. The Morgan fingerprint density at radius 1 is 1.44 bits per heavy atom. The fourth-order valence-corrected chi connectivity index (χ4v) is 1.35. The Bertz CT molecular complexity index is 368. The summed E-state index contributed by atoms with van der Waals surface area (Å²) in [6, 6.07) is 4.29. The van der Waals surface area contributed by atoms with Crippen molar-refractivity contribution in [3.8, 4) is 5.75 Å². The number of carbonyl (C=O) groups excluding carboxylic acids is 1. The summed E-state index contributed by atoms with van der Waals surface area (Å²) in [5, 5.41) is 9.46. The number of hydrogen-bond donors (Lipinski definition) is 2. The van der Waals surface area contributed by atoms with Crippen LogP contribution >= 0.6 is 11.6 Å². The van der Waals surface area contributed by atoms with Crippen molar-refractivity contribution in [1.29, 1.82) is 0 Å². The van der Waals surface area contributed by atoms with E-state index in [0.29, 0.717) is 24.6 Å². The average Bonchev–Trinajstić information content (AvgIpc) is 2.24. The molecule has 0 saturated heterocycles. The number of unbranched alkanes of at least 4 members (excludes halogenated alkanes) is 1. The number of aromatic hydroxyl groups is 1. The maximum absolute atomic E-state index is 11.5. The van der Waals surface area contributed by atoms with Gasteiger partial charge in [-0.3, -0.25) is 0 Å². The van der Waals surface area contributed by atoms with E-state index >= 15 is 0 Å². The maximum atomic E-state index is 11.5. The van der Waals surface area contributed by atoms with Crippen LogP contribution in [-0.2, 0) is 4.74 Å². The number of phenols is 1. The van der Waals surface area contributed by atoms with Crippen molar-refractivity contribution in [2.75, 3.05) is 18.2 Å². The van der Waals surface area contributed by atoms with Crippen molar-refractivity contribution in [1.82, 2.24) is 0 Å². The quantitative estimate of drug-likeness (QED) is 0.360. The van der Waals surface area contributed by atoms with Gasteiger partial charge in [0.1, 0.15) is 11.3 Å². The molecule has 1 rings (SSSR count). The minimum absolute atomic E-state index is 0.125. The lowest BCUT2D eigenvalue weighted by molar-refractivity contribution is 0.0496. The first-order valence-electron chi connectivity index (χ1n) is 4.96. The van der Waals surface area contributed by atoms with Gasteiger partial charge in [0.05, 0.1) is 6.61 Å². The molecular weight excluding hydrogens is 230 g/mol. The van der Waals surface area contributed by atoms with E-state index in [1.54, 1.807) is 0 Å². The highest BCUT2D eigenvalue weighted by atomic mass is 35.5. The predicted octanol–water partition coefficient (Wildman–Crippen LogP) is 2.15. The van der Waals surface area contributed by atoms with Gasteiger partial charge in [-0.25, -0.2) is 4.79 Å². The van der Waals surface area contributed by atoms with Crippen LogP contribution in [0.1, 0.15) is 23.2 Å². The molecular formula is C11H14ClNO3. The van der Waals surface area contributed by atoms with Gasteiger partial charge in [-0.15, -0.1) is 11.6 Å². The molecule has 88 valence electrons. The zero-order chi connectivity index (χ0) is 12.0. The fourth-order valence-electron chi connectivity index (χ4n) is 1.16. The topological polar surface area (TPSA) is 72.6 Å². The van der Waals surface area contributed by atoms with Crippen molar-refractivity contribution < 1.29 is 14.6 Å². The highest BCUT2D eigenvalue weighted by Gasteiger charge is 2.12. The number of phenolic OH excluding ortho intramolecular Hbond substituents is 1. The van der Waals surface area contributed by atoms with E-state index in [-0.39, 0.29) is 11.3 Å². The highest BCUT2D eigenvalue weighted by molar-refractivity contribution is 6.17. The minimum atomic E-state index is -0.549. The van der Waals surface area contributed by atoms with Gasteiger partial charge in [-0.1, -0.05) is 0 Å². The van der Waals surface area contributed by atoms with Gasteiger partial charge in [0.2, 0.25) is 0 Å². The van der Waals surface area contributed by atoms with Crippen LogP contribution in [0, 0.1) is 0 Å². The lowest BCUT2D eigenvalue weighted by Crippen LogP contribution is -2.07. The van der Waals surface area contributed by atoms with E-state index < -0.39 is 5.97 Å². The van der Waals surface area contributed by atoms with Gasteiger partial charge < -0.3 is 15.6 Å². The average molecular weight is 244 g/mol. The Hall–Kier alpha value is -1.42. The number of nitrogens with two attached hydrogens (primary N) is 1. The fraction of sp³-hybridized carbons (Fsp3) is 0.364. The van der Waals surface area contributed by atoms with E-state index in [1.165, 1.54) is 18.2 Å². The van der Waals surface area contributed by atoms with Crippen molar-refractivity contribution in [2.24, 2.45) is 0 Å². The van der Waals surface area contributed by atoms with Crippen LogP contribution in [0.3, 0.4) is 0 Å². The highest BCUT2D eigenvalue weighted by Crippen LogP contribution is 2.20. The van der Waals surface area contributed by atoms with Gasteiger partial charge in [0.15, 0.2) is 0 Å². The number of carbonyl (C=O) groups is 1. The van der Waals surface area contributed by atoms with Gasteiger partial charge in [-0.2, -0.15) is 0 Å². The number of halogens is 1. The number of esters is 1. The second-order valence-corrected chi connectivity index (χ2v) is 3.69. The molecule has 1 aromatic rings. The third-order valence-corrected chi connectivity index (χ3v) is 2.27. The Kier molecular flexibility index (Phi) is 4.92. The molecule has 0 radical (unpaired) electrons. The largest absolute Gasteiger partial charge is 0.507 e. The lowest BCUT2D eigenvalue weighted by Gasteiger charge is -2.06. The predicted molar refractivity (Wildman–Crippen MR) is 62.8 cm³/mol. The molecule has 0 heterocycles. The molecule has 0 saturated carbocycles. The Balaban J connectivity index is 2.53. The molecule has 1 aromatic carbocycles. The van der Waals surface area contributed by atoms with Crippen LogP contribution in [0.2, 0.25) is 0 Å². The van der Waals surface area contributed by atoms with Crippen LogP contribution < -0.4 is 5.73 Å². The second-order valence-electron chi connectivity index (χ2n) is 3.31. The van der Waals surface area contributed by atoms with E-state index in [0.717, 1.165) is 6.42 Å². The zero-order valence-electron chi connectivity index (χ0n) is 8.78. The molecule has 0 aromatic heterocycles. The number of nitrogen functional groups attached to an aromatic ring is 1. The third kappa shape index (κ3) is 3.62. The van der Waals surface area contributed by atoms with Crippen LogP contribution in [-0.4, -0.2) is 23.6 Å². The molecule has 0 amide bonds. The molecule has 0 bridgehead atoms. The SMILES string of the molecule is Nc1ccc(C(=O)OCCCCCl)c(O)c1. The number of anilines is 1. The molecule has 0 aliphatic carbocycles. The molecule has 16 heavy (non-hydrogen) atoms. The van der Waals surface area contributed by atoms with Crippen molar-refractivity contribution in [2.45, 2.75) is 12.8 Å². The summed E-state index contributed by atoms with van der Waals surface area (Å²) < 4.78 is 4.95. The standard InChI is InChI=1S/C11H14ClNO3/c12-5-1-2-6-16-11(15)9-4-3-8(13)7-10(9)14/h3-4,7,14H,1-2,5-6,13H2. The van der Waals surface area contributed by atoms with Crippen LogP contribution in [0.5, 0.6) is 5.75 Å². The van der Waals surface area contributed by atoms with Crippen LogP contribution in [0.15, 0.2) is 18.2 Å². The molecule has 0 fully saturated rings. The lowest BCUT2D eigenvalue weighted by atomic mass is 10.2. The molecule has 0 aliphatic rings. The Labute approximate surface area is 99.0 Å². The van der Waals surface area contributed by atoms with Crippen LogP contribution in [0.4, 0.5) is 5.69 Å². The van der Waals surface area contributed by atoms with Gasteiger partial charge >= 0.3 is 5.97 Å². The Morgan fingerprint density at radius 2 is 2.19 bits per heavy atom. The second kappa shape index (κ2) is 6.23. The first-order valence-corrected chi connectivity index (χ1v) is 5.50. The first kappa shape index (κ1) is 12.6. The van der Waals surface area contributed by atoms with E-state index in [2.05, 4.69) is 0 Å². The zero-order valence-corrected chi connectivity index (χ0v) is 9.54. The first-order chi connectivity index (χ1) is 7.65. The summed E-state index contributed by atoms with van der Waals surface area (Å²) in [4.78, 5) is 11.5. The van der Waals surface area contributed by atoms with Crippen molar-refractivity contribution >= 4 is 23.3 Å². The molecule has 0 unspecified atom stereocenters. The van der Waals surface area contributed by atoms with E-state index in [1.807, 2.05) is 0 Å². The molecule has 5 heteroatoms. The number of ether oxygens (including phenoxy) is 1. The minimum Gasteiger partial charge on any atom is -0.507 e. The normalized spacial score (nSPS) is 10.1. The van der Waals surface area contributed by atoms with Crippen LogP contribution in [0.25, 0.3) is 0 Å². The number of rotatable bonds is 5. The van der Waals surface area contributed by atoms with Crippen molar-refractivity contribution in [3.05, 3.63) is 23.8 Å². The summed E-state index contributed by atoms with van der Waals surface area (Å²) >= 11 is 5.48. The molecule has 0 aliphatic heterocycles. The monoisotopic (exact) mass is 243 g/mol. The third-order valence-electron chi connectivity index (χ3n) is 2.00. The number of alkyl halides is 1. The molecule has 3 N–H and O–H groups in total. The van der Waals surface area contributed by atoms with Crippen molar-refractivity contribution in [3.63, 3.8) is 0 Å². The summed E-state index contributed by atoms with van der Waals surface area (Å²) in [6.07, 6.45) is 1.51. The summed E-state index contributed by atoms with van der Waals surface area (Å²) in [5.41, 5.74) is 5.96. The smallest absolute Gasteiger partial charge is 0.341 e. The summed E-state index contributed by atoms with van der Waals surface area (Å²) in [6.45, 7) is 0.301. The van der Waals surface area contributed by atoms with Gasteiger partial charge in [0, 0.05) is 17.6 Å².